The van der Waals surface area contributed by atoms with Crippen LogP contribution in [0.1, 0.15) is 57.4 Å². The van der Waals surface area contributed by atoms with Gasteiger partial charge < -0.3 is 4.74 Å². The Morgan fingerprint density at radius 2 is 1.93 bits per heavy atom. The van der Waals surface area contributed by atoms with Crippen LogP contribution < -0.4 is 14.2 Å². The van der Waals surface area contributed by atoms with E-state index in [1.54, 1.807) is 4.40 Å². The van der Waals surface area contributed by atoms with E-state index < -0.39 is 10.2 Å². The lowest BCUT2D eigenvalue weighted by Gasteiger charge is -2.58. The zero-order chi connectivity index (χ0) is 20.4. The number of pyridine rings is 1. The van der Waals surface area contributed by atoms with Gasteiger partial charge in [0.25, 0.3) is 0 Å². The number of rotatable bonds is 7. The van der Waals surface area contributed by atoms with Gasteiger partial charge in [0, 0.05) is 24.9 Å². The smallest absolute Gasteiger partial charge is 0.301 e. The molecule has 4 aliphatic carbocycles. The van der Waals surface area contributed by atoms with Crippen molar-refractivity contribution in [2.75, 3.05) is 18.4 Å². The van der Waals surface area contributed by atoms with Crippen LogP contribution in [-0.2, 0) is 10.2 Å². The summed E-state index contributed by atoms with van der Waals surface area (Å²) in [6, 6.07) is 1.89. The third-order valence-corrected chi connectivity index (χ3v) is 8.42. The fourth-order valence-electron chi connectivity index (χ4n) is 5.17. The van der Waals surface area contributed by atoms with Gasteiger partial charge >= 0.3 is 10.2 Å². The first-order valence-corrected chi connectivity index (χ1v) is 12.0. The van der Waals surface area contributed by atoms with Crippen molar-refractivity contribution < 1.29 is 13.2 Å². The molecule has 2 aromatic rings. The van der Waals surface area contributed by atoms with Crippen molar-refractivity contribution in [3.63, 3.8) is 0 Å². The molecule has 2 aromatic heterocycles. The molecule has 29 heavy (non-hydrogen) atoms. The van der Waals surface area contributed by atoms with Crippen LogP contribution in [0.15, 0.2) is 12.3 Å². The molecule has 0 amide bonds. The first-order valence-electron chi connectivity index (χ1n) is 10.5. The second-order valence-electron chi connectivity index (χ2n) is 9.53. The summed E-state index contributed by atoms with van der Waals surface area (Å²) in [7, 11) is -2.30. The van der Waals surface area contributed by atoms with E-state index in [0.29, 0.717) is 22.9 Å². The number of anilines is 1. The van der Waals surface area contributed by atoms with Gasteiger partial charge in [-0.3, -0.25) is 4.40 Å². The lowest BCUT2D eigenvalue weighted by molar-refractivity contribution is -0.0963. The zero-order valence-electron chi connectivity index (χ0n) is 17.2. The van der Waals surface area contributed by atoms with Crippen molar-refractivity contribution in [3.05, 3.63) is 17.8 Å². The minimum absolute atomic E-state index is 0.178. The quantitative estimate of drug-likeness (QED) is 0.719. The summed E-state index contributed by atoms with van der Waals surface area (Å²) in [5.41, 5.74) is 2.20. The van der Waals surface area contributed by atoms with Gasteiger partial charge in [0.1, 0.15) is 5.75 Å². The number of fused-ring (bicyclic) bond motifs is 3. The molecule has 4 aliphatic rings. The molecule has 0 unspecified atom stereocenters. The van der Waals surface area contributed by atoms with Gasteiger partial charge in [-0.05, 0) is 61.2 Å². The Morgan fingerprint density at radius 1 is 1.21 bits per heavy atom. The van der Waals surface area contributed by atoms with Crippen molar-refractivity contribution in [2.45, 2.75) is 51.9 Å². The van der Waals surface area contributed by atoms with Crippen molar-refractivity contribution in [1.29, 1.82) is 0 Å². The van der Waals surface area contributed by atoms with E-state index in [2.05, 4.69) is 33.5 Å². The van der Waals surface area contributed by atoms with Gasteiger partial charge in [0.05, 0.1) is 6.61 Å². The molecular weight excluding hydrogens is 390 g/mol. The minimum Gasteiger partial charge on any atom is -0.493 e. The number of aromatic nitrogens is 3. The summed E-state index contributed by atoms with van der Waals surface area (Å²) >= 11 is 0. The summed E-state index contributed by atoms with van der Waals surface area (Å²) in [6.45, 7) is 5.56. The van der Waals surface area contributed by atoms with Gasteiger partial charge in [-0.2, -0.15) is 8.42 Å². The Kier molecular flexibility index (Phi) is 4.33. The molecule has 4 saturated carbocycles. The molecular formula is C20H29N5O3S. The van der Waals surface area contributed by atoms with Crippen LogP contribution in [0.2, 0.25) is 0 Å². The zero-order valence-corrected chi connectivity index (χ0v) is 18.0. The first kappa shape index (κ1) is 19.1. The van der Waals surface area contributed by atoms with E-state index in [0.717, 1.165) is 42.6 Å². The second-order valence-corrected chi connectivity index (χ2v) is 11.1. The van der Waals surface area contributed by atoms with Crippen LogP contribution in [-0.4, -0.2) is 36.7 Å². The summed E-state index contributed by atoms with van der Waals surface area (Å²) < 4.78 is 36.3. The fourth-order valence-corrected chi connectivity index (χ4v) is 5.65. The number of nitrogens with one attached hydrogen (secondary N) is 2. The largest absolute Gasteiger partial charge is 0.493 e. The van der Waals surface area contributed by atoms with Crippen molar-refractivity contribution >= 4 is 21.8 Å². The Hall–Kier alpha value is -1.87. The summed E-state index contributed by atoms with van der Waals surface area (Å²) in [4.78, 5) is 0. The van der Waals surface area contributed by atoms with E-state index in [1.165, 1.54) is 26.3 Å². The molecule has 2 bridgehead atoms. The highest BCUT2D eigenvalue weighted by atomic mass is 32.2. The molecule has 2 heterocycles. The molecule has 0 spiro atoms. The molecule has 9 heteroatoms. The first-order chi connectivity index (χ1) is 13.8. The predicted octanol–water partition coefficient (Wildman–Crippen LogP) is 2.93. The number of hydrogen-bond donors (Lipinski definition) is 2. The Morgan fingerprint density at radius 3 is 2.55 bits per heavy atom. The van der Waals surface area contributed by atoms with Crippen molar-refractivity contribution in [1.82, 2.24) is 19.3 Å². The van der Waals surface area contributed by atoms with E-state index in [1.807, 2.05) is 12.3 Å². The van der Waals surface area contributed by atoms with E-state index in [9.17, 15) is 8.42 Å². The maximum Gasteiger partial charge on any atom is 0.301 e. The van der Waals surface area contributed by atoms with Gasteiger partial charge in [-0.1, -0.05) is 13.8 Å². The van der Waals surface area contributed by atoms with Gasteiger partial charge in [0.15, 0.2) is 5.65 Å². The van der Waals surface area contributed by atoms with Crippen LogP contribution in [0.4, 0.5) is 5.95 Å². The minimum atomic E-state index is -3.65. The molecule has 8 nitrogen and oxygen atoms in total. The van der Waals surface area contributed by atoms with Crippen LogP contribution in [0.3, 0.4) is 0 Å². The molecule has 2 N–H and O–H groups in total. The summed E-state index contributed by atoms with van der Waals surface area (Å²) in [5.74, 6) is 3.79. The molecule has 0 aromatic carbocycles. The van der Waals surface area contributed by atoms with Gasteiger partial charge in [-0.25, -0.2) is 9.44 Å². The highest BCUT2D eigenvalue weighted by Crippen LogP contribution is 2.60. The molecule has 0 radical (unpaired) electrons. The standard InChI is InChI=1S/C20H29N5O3S/c1-20(2)14-6-12(7-15(20)8-14)11-28-17-9-18-22-23-19(24-29(26,27)21-3)25(18)10-16(17)13-4-5-13/h9-10,12-15,21H,4-8,11H2,1-3H3,(H,23,24)/t14-,15-/m1/s1. The van der Waals surface area contributed by atoms with Gasteiger partial charge in [-0.15, -0.1) is 10.2 Å². The average Bonchev–Trinajstić information content (AvgIpc) is 3.48. The van der Waals surface area contributed by atoms with Crippen LogP contribution in [0, 0.1) is 23.2 Å². The maximum atomic E-state index is 11.8. The molecule has 0 aliphatic heterocycles. The normalized spacial score (nSPS) is 28.2. The highest BCUT2D eigenvalue weighted by molar-refractivity contribution is 7.90. The average molecular weight is 420 g/mol. The lowest BCUT2D eigenvalue weighted by atomic mass is 9.47. The van der Waals surface area contributed by atoms with Crippen LogP contribution >= 0.6 is 0 Å². The molecule has 4 fully saturated rings. The monoisotopic (exact) mass is 419 g/mol. The third-order valence-electron chi connectivity index (χ3n) is 7.43. The van der Waals surface area contributed by atoms with Crippen molar-refractivity contribution in [3.8, 4) is 5.75 Å². The molecule has 0 saturated heterocycles. The maximum absolute atomic E-state index is 11.8. The SMILES string of the molecule is CNS(=O)(=O)Nc1nnc2cc(OCC3C[C@@H]4C[C@@H](C3)C4(C)C)c(C3CC3)cn12. The third kappa shape index (κ3) is 3.38. The van der Waals surface area contributed by atoms with E-state index in [-0.39, 0.29) is 5.95 Å². The van der Waals surface area contributed by atoms with E-state index in [4.69, 9.17) is 4.74 Å². The predicted molar refractivity (Wildman–Crippen MR) is 110 cm³/mol. The van der Waals surface area contributed by atoms with Gasteiger partial charge in [0.2, 0.25) is 5.95 Å². The number of nitrogens with zero attached hydrogens (tertiary/aromatic N) is 3. The summed E-state index contributed by atoms with van der Waals surface area (Å²) in [6.07, 6.45) is 8.08. The Labute approximate surface area is 171 Å². The number of ether oxygens (including phenoxy) is 1. The van der Waals surface area contributed by atoms with Crippen LogP contribution in [0.25, 0.3) is 5.65 Å². The Bertz CT molecular complexity index is 1030. The lowest BCUT2D eigenvalue weighted by Crippen LogP contribution is -2.51. The van der Waals surface area contributed by atoms with E-state index >= 15 is 0 Å². The fraction of sp³-hybridized carbons (Fsp3) is 0.700. The summed E-state index contributed by atoms with van der Waals surface area (Å²) in [5, 5.41) is 8.13. The highest BCUT2D eigenvalue weighted by Gasteiger charge is 2.52. The van der Waals surface area contributed by atoms with Crippen molar-refractivity contribution in [2.24, 2.45) is 23.2 Å². The Balaban J connectivity index is 1.36. The topological polar surface area (TPSA) is 97.6 Å². The second kappa shape index (κ2) is 6.57. The van der Waals surface area contributed by atoms with Crippen LogP contribution in [0.5, 0.6) is 5.75 Å². The molecule has 158 valence electrons. The molecule has 2 atom stereocenters. The molecule has 6 rings (SSSR count). The number of hydrogen-bond acceptors (Lipinski definition) is 5.